The van der Waals surface area contributed by atoms with Crippen LogP contribution in [0.5, 0.6) is 0 Å². The van der Waals surface area contributed by atoms with Crippen molar-refractivity contribution in [2.75, 3.05) is 0 Å². The maximum Gasteiger partial charge on any atom is 0.0215 e. The molecule has 4 rings (SSSR count). The van der Waals surface area contributed by atoms with Crippen molar-refractivity contribution in [2.24, 2.45) is 0 Å². The molecule has 1 saturated carbocycles. The molecule has 0 heterocycles. The summed E-state index contributed by atoms with van der Waals surface area (Å²) in [6, 6.07) is 19.6. The molecule has 0 nitrogen and oxygen atoms in total. The van der Waals surface area contributed by atoms with Gasteiger partial charge < -0.3 is 0 Å². The number of hydrogen-bond acceptors (Lipinski definition) is 0. The van der Waals surface area contributed by atoms with Crippen molar-refractivity contribution < 1.29 is 0 Å². The third kappa shape index (κ3) is 1.21. The van der Waals surface area contributed by atoms with Crippen LogP contribution in [-0.2, 0) is 5.41 Å². The molecular weight excluding hydrogens is 216 g/mol. The van der Waals surface area contributed by atoms with Gasteiger partial charge in [-0.15, -0.1) is 0 Å². The van der Waals surface area contributed by atoms with Gasteiger partial charge in [0.2, 0.25) is 0 Å². The lowest BCUT2D eigenvalue weighted by Crippen LogP contribution is -2.27. The molecule has 18 heavy (non-hydrogen) atoms. The maximum absolute atomic E-state index is 3.29. The predicted octanol–water partition coefficient (Wildman–Crippen LogP) is 4.52. The SMILES string of the molecule is [c]1ccc2c(c1)C1(CCCCC1)c1c[c]ccc1-2. The summed E-state index contributed by atoms with van der Waals surface area (Å²) >= 11 is 0. The molecule has 0 atom stereocenters. The summed E-state index contributed by atoms with van der Waals surface area (Å²) < 4.78 is 0. The van der Waals surface area contributed by atoms with Crippen LogP contribution < -0.4 is 0 Å². The molecule has 0 aliphatic heterocycles. The average molecular weight is 232 g/mol. The minimum atomic E-state index is 0.276. The Kier molecular flexibility index (Phi) is 2.14. The van der Waals surface area contributed by atoms with Crippen LogP contribution in [-0.4, -0.2) is 0 Å². The maximum atomic E-state index is 3.29. The lowest BCUT2D eigenvalue weighted by atomic mass is 9.68. The Hall–Kier alpha value is -1.56. The van der Waals surface area contributed by atoms with Gasteiger partial charge in [0.1, 0.15) is 0 Å². The van der Waals surface area contributed by atoms with Crippen molar-refractivity contribution >= 4 is 0 Å². The minimum Gasteiger partial charge on any atom is -0.0537 e. The van der Waals surface area contributed by atoms with Crippen LogP contribution in [0.4, 0.5) is 0 Å². The monoisotopic (exact) mass is 232 g/mol. The molecule has 0 heteroatoms. The van der Waals surface area contributed by atoms with Gasteiger partial charge in [0, 0.05) is 5.41 Å². The zero-order valence-corrected chi connectivity index (χ0v) is 10.5. The third-order valence-corrected chi connectivity index (χ3v) is 4.76. The fraction of sp³-hybridized carbons (Fsp3) is 0.333. The zero-order valence-electron chi connectivity index (χ0n) is 10.5. The molecule has 1 spiro atoms. The highest BCUT2D eigenvalue weighted by molar-refractivity contribution is 5.80. The largest absolute Gasteiger partial charge is 0.0537 e. The summed E-state index contributed by atoms with van der Waals surface area (Å²) in [5, 5.41) is 0. The van der Waals surface area contributed by atoms with E-state index in [4.69, 9.17) is 0 Å². The van der Waals surface area contributed by atoms with E-state index < -0.39 is 0 Å². The molecule has 1 fully saturated rings. The summed E-state index contributed by atoms with van der Waals surface area (Å²) in [7, 11) is 0. The first kappa shape index (κ1) is 10.4. The quantitative estimate of drug-likeness (QED) is 0.626. The molecule has 2 aromatic rings. The fourth-order valence-electron chi connectivity index (χ4n) is 3.96. The van der Waals surface area contributed by atoms with Crippen molar-refractivity contribution in [3.63, 3.8) is 0 Å². The summed E-state index contributed by atoms with van der Waals surface area (Å²) in [4.78, 5) is 0. The van der Waals surface area contributed by atoms with E-state index in [0.29, 0.717) is 0 Å². The molecule has 0 N–H and O–H groups in total. The van der Waals surface area contributed by atoms with Crippen LogP contribution >= 0.6 is 0 Å². The first-order valence-corrected chi connectivity index (χ1v) is 6.93. The molecule has 0 saturated heterocycles. The molecule has 88 valence electrons. The average Bonchev–Trinajstić information content (AvgIpc) is 2.72. The fourth-order valence-corrected chi connectivity index (χ4v) is 3.96. The van der Waals surface area contributed by atoms with Gasteiger partial charge in [-0.1, -0.05) is 43.5 Å². The molecule has 2 radical (unpaired) electrons. The normalized spacial score (nSPS) is 19.6. The molecule has 2 aliphatic rings. The van der Waals surface area contributed by atoms with Gasteiger partial charge in [-0.25, -0.2) is 0 Å². The highest BCUT2D eigenvalue weighted by atomic mass is 14.5. The Morgan fingerprint density at radius 3 is 1.89 bits per heavy atom. The van der Waals surface area contributed by atoms with Crippen LogP contribution in [0.15, 0.2) is 36.4 Å². The summed E-state index contributed by atoms with van der Waals surface area (Å²) in [5.41, 5.74) is 6.16. The lowest BCUT2D eigenvalue weighted by molar-refractivity contribution is 0.353. The van der Waals surface area contributed by atoms with E-state index in [1.54, 1.807) is 0 Å². The Labute approximate surface area is 109 Å². The van der Waals surface area contributed by atoms with E-state index in [1.807, 2.05) is 12.1 Å². The van der Waals surface area contributed by atoms with E-state index in [1.165, 1.54) is 54.4 Å². The van der Waals surface area contributed by atoms with Crippen molar-refractivity contribution in [3.05, 3.63) is 59.7 Å². The van der Waals surface area contributed by atoms with Crippen molar-refractivity contribution in [1.29, 1.82) is 0 Å². The first-order valence-electron chi connectivity index (χ1n) is 6.93. The highest BCUT2D eigenvalue weighted by Gasteiger charge is 2.43. The molecule has 0 bridgehead atoms. The van der Waals surface area contributed by atoms with Crippen molar-refractivity contribution in [1.82, 2.24) is 0 Å². The minimum absolute atomic E-state index is 0.276. The van der Waals surface area contributed by atoms with E-state index in [2.05, 4.69) is 36.4 Å². The van der Waals surface area contributed by atoms with Gasteiger partial charge in [-0.3, -0.25) is 0 Å². The molecule has 0 aromatic heterocycles. The number of hydrogen-bond donors (Lipinski definition) is 0. The smallest absolute Gasteiger partial charge is 0.0215 e. The van der Waals surface area contributed by atoms with Crippen LogP contribution in [0.3, 0.4) is 0 Å². The second kappa shape index (κ2) is 3.71. The summed E-state index contributed by atoms with van der Waals surface area (Å²) in [6.45, 7) is 0. The van der Waals surface area contributed by atoms with Gasteiger partial charge in [-0.05, 0) is 59.4 Å². The van der Waals surface area contributed by atoms with Gasteiger partial charge in [0.25, 0.3) is 0 Å². The second-order valence-corrected chi connectivity index (χ2v) is 5.59. The first-order chi connectivity index (χ1) is 8.92. The lowest BCUT2D eigenvalue weighted by Gasteiger charge is -2.35. The van der Waals surface area contributed by atoms with Gasteiger partial charge in [0.05, 0.1) is 0 Å². The number of benzene rings is 2. The molecular formula is C18H16. The summed E-state index contributed by atoms with van der Waals surface area (Å²) in [5.74, 6) is 0. The van der Waals surface area contributed by atoms with Crippen LogP contribution in [0.2, 0.25) is 0 Å². The van der Waals surface area contributed by atoms with Gasteiger partial charge in [0.15, 0.2) is 0 Å². The Balaban J connectivity index is 2.03. The van der Waals surface area contributed by atoms with Crippen molar-refractivity contribution in [3.8, 4) is 11.1 Å². The molecule has 2 aliphatic carbocycles. The van der Waals surface area contributed by atoms with E-state index >= 15 is 0 Å². The van der Waals surface area contributed by atoms with Gasteiger partial charge in [-0.2, -0.15) is 0 Å². The number of rotatable bonds is 0. The topological polar surface area (TPSA) is 0 Å². The molecule has 0 unspecified atom stereocenters. The van der Waals surface area contributed by atoms with E-state index in [-0.39, 0.29) is 5.41 Å². The molecule has 2 aromatic carbocycles. The number of fused-ring (bicyclic) bond motifs is 5. The Morgan fingerprint density at radius 1 is 0.778 bits per heavy atom. The van der Waals surface area contributed by atoms with Gasteiger partial charge >= 0.3 is 0 Å². The van der Waals surface area contributed by atoms with E-state index in [0.717, 1.165) is 0 Å². The predicted molar refractivity (Wildman–Crippen MR) is 73.4 cm³/mol. The van der Waals surface area contributed by atoms with Crippen LogP contribution in [0, 0.1) is 12.1 Å². The molecule has 0 amide bonds. The second-order valence-electron chi connectivity index (χ2n) is 5.59. The van der Waals surface area contributed by atoms with Crippen LogP contribution in [0.25, 0.3) is 11.1 Å². The third-order valence-electron chi connectivity index (χ3n) is 4.76. The zero-order chi connectivity index (χ0) is 12.0. The van der Waals surface area contributed by atoms with Crippen LogP contribution in [0.1, 0.15) is 43.2 Å². The standard InChI is InChI=1S/C18H16/c1-6-12-18(13-7-1)16-10-4-2-8-14(16)15-9-3-5-11-17(15)18/h2-3,8-11H,1,6-7,12-13H2. The highest BCUT2D eigenvalue weighted by Crippen LogP contribution is 2.55. The van der Waals surface area contributed by atoms with Crippen molar-refractivity contribution in [2.45, 2.75) is 37.5 Å². The summed E-state index contributed by atoms with van der Waals surface area (Å²) in [6.07, 6.45) is 6.68. The Bertz CT molecular complexity index is 541. The Morgan fingerprint density at radius 2 is 1.33 bits per heavy atom. The van der Waals surface area contributed by atoms with E-state index in [9.17, 15) is 0 Å².